The monoisotopic (exact) mass is 272 g/mol. The molecule has 2 heteroatoms. The minimum atomic E-state index is -0.307. The van der Waals surface area contributed by atoms with Crippen LogP contribution in [0.2, 0.25) is 0 Å². The van der Waals surface area contributed by atoms with E-state index in [-0.39, 0.29) is 7.92 Å². The summed E-state index contributed by atoms with van der Waals surface area (Å²) in [4.78, 5) is 0. The van der Waals surface area contributed by atoms with Gasteiger partial charge in [0.2, 0.25) is 0 Å². The first-order valence-electron chi connectivity index (χ1n) is 6.76. The molecule has 0 saturated heterocycles. The van der Waals surface area contributed by atoms with E-state index in [0.717, 1.165) is 12.8 Å². The van der Waals surface area contributed by atoms with Crippen LogP contribution in [-0.2, 0) is 4.74 Å². The minimum Gasteiger partial charge on any atom is -0.378 e. The van der Waals surface area contributed by atoms with E-state index in [1.807, 2.05) is 0 Å². The molecule has 2 aromatic carbocycles. The van der Waals surface area contributed by atoms with Gasteiger partial charge >= 0.3 is 0 Å². The third kappa shape index (κ3) is 4.45. The Bertz CT molecular complexity index is 428. The van der Waals surface area contributed by atoms with E-state index in [0.29, 0.717) is 6.10 Å². The zero-order chi connectivity index (χ0) is 13.5. The van der Waals surface area contributed by atoms with Crippen molar-refractivity contribution >= 4 is 18.5 Å². The van der Waals surface area contributed by atoms with Crippen molar-refractivity contribution in [3.05, 3.63) is 60.7 Å². The van der Waals surface area contributed by atoms with Crippen LogP contribution >= 0.6 is 7.92 Å². The Morgan fingerprint density at radius 2 is 1.32 bits per heavy atom. The van der Waals surface area contributed by atoms with Gasteiger partial charge < -0.3 is 4.74 Å². The van der Waals surface area contributed by atoms with Gasteiger partial charge in [0.25, 0.3) is 0 Å². The summed E-state index contributed by atoms with van der Waals surface area (Å²) in [6.07, 6.45) is 1.39. The Labute approximate surface area is 117 Å². The Kier molecular flexibility index (Phi) is 5.57. The number of hydrogen-bond acceptors (Lipinski definition) is 1. The van der Waals surface area contributed by atoms with Gasteiger partial charge in [-0.3, -0.25) is 0 Å². The average Bonchev–Trinajstić information content (AvgIpc) is 2.45. The fourth-order valence-electron chi connectivity index (χ4n) is 2.00. The van der Waals surface area contributed by atoms with Crippen molar-refractivity contribution in [3.63, 3.8) is 0 Å². The molecule has 0 amide bonds. The van der Waals surface area contributed by atoms with Crippen LogP contribution in [-0.4, -0.2) is 18.9 Å². The van der Waals surface area contributed by atoms with Gasteiger partial charge in [-0.15, -0.1) is 0 Å². The fourth-order valence-corrected chi connectivity index (χ4v) is 4.17. The van der Waals surface area contributed by atoms with Gasteiger partial charge in [-0.2, -0.15) is 0 Å². The summed E-state index contributed by atoms with van der Waals surface area (Å²) >= 11 is 0. The first kappa shape index (κ1) is 14.2. The van der Waals surface area contributed by atoms with E-state index in [1.165, 1.54) is 10.6 Å². The minimum absolute atomic E-state index is 0.307. The van der Waals surface area contributed by atoms with Crippen LogP contribution in [0.15, 0.2) is 60.7 Å². The van der Waals surface area contributed by atoms with Crippen LogP contribution < -0.4 is 10.6 Å². The zero-order valence-corrected chi connectivity index (χ0v) is 12.5. The number of rotatable bonds is 6. The third-order valence-electron chi connectivity index (χ3n) is 2.90. The second kappa shape index (κ2) is 7.43. The number of hydrogen-bond donors (Lipinski definition) is 0. The molecular weight excluding hydrogens is 251 g/mol. The standard InChI is InChI=1S/C17H21OP/c1-15(2)18-13-14-19(16-9-5-3-6-10-16)17-11-7-4-8-12-17/h3-12,15H,13-14H2,1-2H3. The van der Waals surface area contributed by atoms with Gasteiger partial charge in [0.1, 0.15) is 0 Å². The summed E-state index contributed by atoms with van der Waals surface area (Å²) in [6.45, 7) is 5.01. The van der Waals surface area contributed by atoms with E-state index < -0.39 is 0 Å². The van der Waals surface area contributed by atoms with E-state index in [1.54, 1.807) is 0 Å². The van der Waals surface area contributed by atoms with Crippen LogP contribution in [0.3, 0.4) is 0 Å². The molecule has 1 nitrogen and oxygen atoms in total. The molecule has 0 aliphatic carbocycles. The van der Waals surface area contributed by atoms with Crippen molar-refractivity contribution in [2.75, 3.05) is 12.8 Å². The molecule has 0 spiro atoms. The van der Waals surface area contributed by atoms with Gasteiger partial charge in [-0.1, -0.05) is 60.7 Å². The summed E-state index contributed by atoms with van der Waals surface area (Å²) in [5, 5.41) is 2.85. The van der Waals surface area contributed by atoms with Gasteiger partial charge in [0, 0.05) is 0 Å². The predicted molar refractivity (Wildman–Crippen MR) is 85.0 cm³/mol. The molecule has 0 unspecified atom stereocenters. The van der Waals surface area contributed by atoms with E-state index >= 15 is 0 Å². The maximum atomic E-state index is 5.73. The van der Waals surface area contributed by atoms with Crippen LogP contribution in [0, 0.1) is 0 Å². The molecule has 100 valence electrons. The highest BCUT2D eigenvalue weighted by Gasteiger charge is 2.13. The van der Waals surface area contributed by atoms with E-state index in [4.69, 9.17) is 4.74 Å². The summed E-state index contributed by atoms with van der Waals surface area (Å²) in [5.74, 6) is 0. The first-order valence-corrected chi connectivity index (χ1v) is 8.29. The smallest absolute Gasteiger partial charge is 0.0519 e. The molecule has 0 bridgehead atoms. The topological polar surface area (TPSA) is 9.23 Å². The van der Waals surface area contributed by atoms with Crippen molar-refractivity contribution in [1.29, 1.82) is 0 Å². The van der Waals surface area contributed by atoms with Crippen molar-refractivity contribution in [1.82, 2.24) is 0 Å². The second-order valence-electron chi connectivity index (χ2n) is 4.74. The summed E-state index contributed by atoms with van der Waals surface area (Å²) in [5.41, 5.74) is 0. The zero-order valence-electron chi connectivity index (χ0n) is 11.6. The maximum Gasteiger partial charge on any atom is 0.0519 e. The number of ether oxygens (including phenoxy) is 1. The van der Waals surface area contributed by atoms with Crippen LogP contribution in [0.25, 0.3) is 0 Å². The molecule has 0 aromatic heterocycles. The lowest BCUT2D eigenvalue weighted by Gasteiger charge is -2.19. The molecular formula is C17H21OP. The molecule has 0 radical (unpaired) electrons. The quantitative estimate of drug-likeness (QED) is 0.731. The highest BCUT2D eigenvalue weighted by Crippen LogP contribution is 2.32. The Morgan fingerprint density at radius 1 is 0.842 bits per heavy atom. The van der Waals surface area contributed by atoms with Crippen molar-refractivity contribution in [3.8, 4) is 0 Å². The Morgan fingerprint density at radius 3 is 1.74 bits per heavy atom. The molecule has 2 rings (SSSR count). The Balaban J connectivity index is 2.14. The van der Waals surface area contributed by atoms with E-state index in [2.05, 4.69) is 74.5 Å². The van der Waals surface area contributed by atoms with Crippen LogP contribution in [0.4, 0.5) is 0 Å². The highest BCUT2D eigenvalue weighted by molar-refractivity contribution is 7.73. The lowest BCUT2D eigenvalue weighted by atomic mass is 10.4. The van der Waals surface area contributed by atoms with Crippen LogP contribution in [0.5, 0.6) is 0 Å². The van der Waals surface area contributed by atoms with Crippen LogP contribution in [0.1, 0.15) is 13.8 Å². The molecule has 0 aliphatic heterocycles. The lowest BCUT2D eigenvalue weighted by Crippen LogP contribution is -2.17. The molecule has 0 aliphatic rings. The molecule has 19 heavy (non-hydrogen) atoms. The van der Waals surface area contributed by atoms with E-state index in [9.17, 15) is 0 Å². The summed E-state index contributed by atoms with van der Waals surface area (Å²) < 4.78 is 5.73. The Hall–Kier alpha value is -1.17. The fraction of sp³-hybridized carbons (Fsp3) is 0.294. The number of benzene rings is 2. The molecule has 0 heterocycles. The van der Waals surface area contributed by atoms with Crippen molar-refractivity contribution < 1.29 is 4.74 Å². The summed E-state index contributed by atoms with van der Waals surface area (Å²) in [6, 6.07) is 21.6. The first-order chi connectivity index (χ1) is 9.27. The molecule has 0 N–H and O–H groups in total. The van der Waals surface area contributed by atoms with Crippen molar-refractivity contribution in [2.24, 2.45) is 0 Å². The predicted octanol–water partition coefficient (Wildman–Crippen LogP) is 3.54. The molecule has 0 atom stereocenters. The molecule has 0 fully saturated rings. The second-order valence-corrected chi connectivity index (χ2v) is 7.08. The normalized spacial score (nSPS) is 11.2. The largest absolute Gasteiger partial charge is 0.378 e. The SMILES string of the molecule is CC(C)OCCP(c1ccccc1)c1ccccc1. The highest BCUT2D eigenvalue weighted by atomic mass is 31.1. The third-order valence-corrected chi connectivity index (χ3v) is 5.37. The molecule has 2 aromatic rings. The van der Waals surface area contributed by atoms with Gasteiger partial charge in [-0.25, -0.2) is 0 Å². The van der Waals surface area contributed by atoms with Gasteiger partial charge in [-0.05, 0) is 38.5 Å². The van der Waals surface area contributed by atoms with Gasteiger partial charge in [0.15, 0.2) is 0 Å². The lowest BCUT2D eigenvalue weighted by molar-refractivity contribution is 0.0917. The van der Waals surface area contributed by atoms with Gasteiger partial charge in [0.05, 0.1) is 12.7 Å². The summed E-state index contributed by atoms with van der Waals surface area (Å²) in [7, 11) is -0.307. The van der Waals surface area contributed by atoms with Crippen molar-refractivity contribution in [2.45, 2.75) is 20.0 Å². The maximum absolute atomic E-state index is 5.73. The molecule has 0 saturated carbocycles. The average molecular weight is 272 g/mol.